The van der Waals surface area contributed by atoms with Gasteiger partial charge in [0.2, 0.25) is 0 Å². The third-order valence-electron chi connectivity index (χ3n) is 8.18. The molecular formula is C27H30N2O3. The van der Waals surface area contributed by atoms with Crippen molar-refractivity contribution in [3.63, 3.8) is 0 Å². The highest BCUT2D eigenvalue weighted by molar-refractivity contribution is 5.94. The van der Waals surface area contributed by atoms with Crippen molar-refractivity contribution in [2.75, 3.05) is 0 Å². The van der Waals surface area contributed by atoms with E-state index in [2.05, 4.69) is 28.6 Å². The van der Waals surface area contributed by atoms with Crippen molar-refractivity contribution >= 4 is 28.6 Å². The summed E-state index contributed by atoms with van der Waals surface area (Å²) >= 11 is 0. The number of hydrogen-bond donors (Lipinski definition) is 3. The van der Waals surface area contributed by atoms with Crippen LogP contribution < -0.4 is 10.6 Å². The second-order valence-electron chi connectivity index (χ2n) is 10.0. The molecule has 2 saturated carbocycles. The monoisotopic (exact) mass is 430 g/mol. The molecule has 0 radical (unpaired) electrons. The lowest BCUT2D eigenvalue weighted by atomic mass is 9.75. The molecule has 0 saturated heterocycles. The highest BCUT2D eigenvalue weighted by atomic mass is 16.4. The summed E-state index contributed by atoms with van der Waals surface area (Å²) in [6.45, 7) is 2.31. The molecule has 5 nitrogen and oxygen atoms in total. The molecule has 0 amide bonds. The number of phenols is 1. The molecule has 1 aliphatic heterocycles. The Bertz CT molecular complexity index is 1350. The Labute approximate surface area is 187 Å². The van der Waals surface area contributed by atoms with Gasteiger partial charge >= 0.3 is 5.97 Å². The van der Waals surface area contributed by atoms with Crippen molar-refractivity contribution in [3.05, 3.63) is 51.8 Å². The first-order chi connectivity index (χ1) is 15.5. The minimum atomic E-state index is -0.907. The average molecular weight is 431 g/mol. The molecule has 2 fully saturated rings. The van der Waals surface area contributed by atoms with Crippen LogP contribution in [0.2, 0.25) is 0 Å². The van der Waals surface area contributed by atoms with Crippen molar-refractivity contribution in [1.82, 2.24) is 9.55 Å². The molecule has 3 aliphatic rings. The molecular weight excluding hydrogens is 400 g/mol. The van der Waals surface area contributed by atoms with Crippen LogP contribution in [0, 0.1) is 5.92 Å². The van der Waals surface area contributed by atoms with E-state index >= 15 is 0 Å². The average Bonchev–Trinajstić information content (AvgIpc) is 3.35. The maximum atomic E-state index is 12.1. The number of carbonyl (C=O) groups is 1. The zero-order valence-corrected chi connectivity index (χ0v) is 18.5. The van der Waals surface area contributed by atoms with Gasteiger partial charge in [-0.15, -0.1) is 0 Å². The normalized spacial score (nSPS) is 23.2. The fourth-order valence-electron chi connectivity index (χ4n) is 6.66. The predicted molar refractivity (Wildman–Crippen MR) is 125 cm³/mol. The molecule has 2 atom stereocenters. The number of H-pyrrole nitrogens is 1. The number of hydrogen-bond acceptors (Lipinski definition) is 2. The molecule has 5 heteroatoms. The zero-order chi connectivity index (χ0) is 22.0. The lowest BCUT2D eigenvalue weighted by Crippen LogP contribution is -2.32. The third-order valence-corrected chi connectivity index (χ3v) is 8.18. The van der Waals surface area contributed by atoms with Crippen LogP contribution in [0.4, 0.5) is 0 Å². The summed E-state index contributed by atoms with van der Waals surface area (Å²) in [6, 6.07) is 6.13. The van der Waals surface area contributed by atoms with E-state index in [0.29, 0.717) is 23.1 Å². The van der Waals surface area contributed by atoms with Gasteiger partial charge in [-0.2, -0.15) is 0 Å². The van der Waals surface area contributed by atoms with Crippen LogP contribution in [0.3, 0.4) is 0 Å². The smallest absolute Gasteiger partial charge is 0.337 e. The molecule has 2 aliphatic carbocycles. The summed E-state index contributed by atoms with van der Waals surface area (Å²) in [7, 11) is 0. The lowest BCUT2D eigenvalue weighted by Gasteiger charge is -2.31. The number of phenolic OH excluding ortho intramolecular Hbond substituents is 1. The summed E-state index contributed by atoms with van der Waals surface area (Å²) in [6.07, 6.45) is 13.0. The SMILES string of the molecule is CC1CCCC2=c3[nH]cc(C(=O)O)c3=Cn3c(cc4c(O)ccc(C5CCCCC5)c43)[C@H]21. The highest BCUT2D eigenvalue weighted by Gasteiger charge is 2.34. The summed E-state index contributed by atoms with van der Waals surface area (Å²) in [4.78, 5) is 15.4. The van der Waals surface area contributed by atoms with Crippen molar-refractivity contribution in [3.8, 4) is 5.75 Å². The predicted octanol–water partition coefficient (Wildman–Crippen LogP) is 4.78. The first-order valence-corrected chi connectivity index (χ1v) is 12.1. The van der Waals surface area contributed by atoms with Crippen molar-refractivity contribution in [2.45, 2.75) is 70.1 Å². The number of aromatic carboxylic acids is 1. The molecule has 3 N–H and O–H groups in total. The summed E-state index contributed by atoms with van der Waals surface area (Å²) in [5.74, 6) is 0.561. The van der Waals surface area contributed by atoms with Crippen LogP contribution in [0.15, 0.2) is 24.4 Å². The van der Waals surface area contributed by atoms with Crippen LogP contribution >= 0.6 is 0 Å². The zero-order valence-electron chi connectivity index (χ0n) is 18.5. The first-order valence-electron chi connectivity index (χ1n) is 12.1. The number of carboxylic acids is 1. The van der Waals surface area contributed by atoms with Crippen molar-refractivity contribution in [1.29, 1.82) is 0 Å². The van der Waals surface area contributed by atoms with Crippen LogP contribution in [0.5, 0.6) is 5.75 Å². The summed E-state index contributed by atoms with van der Waals surface area (Å²) < 4.78 is 2.23. The minimum absolute atomic E-state index is 0.215. The molecule has 1 unspecified atom stereocenters. The van der Waals surface area contributed by atoms with E-state index in [1.54, 1.807) is 6.20 Å². The number of benzene rings is 1. The molecule has 166 valence electrons. The van der Waals surface area contributed by atoms with Crippen LogP contribution in [-0.2, 0) is 0 Å². The molecule has 6 rings (SSSR count). The van der Waals surface area contributed by atoms with E-state index in [4.69, 9.17) is 0 Å². The maximum absolute atomic E-state index is 12.1. The number of nitrogens with one attached hydrogen (secondary N) is 1. The van der Waals surface area contributed by atoms with Gasteiger partial charge in [-0.1, -0.05) is 32.3 Å². The summed E-state index contributed by atoms with van der Waals surface area (Å²) in [5.41, 5.74) is 5.17. The van der Waals surface area contributed by atoms with Gasteiger partial charge in [0, 0.05) is 40.0 Å². The topological polar surface area (TPSA) is 78.2 Å². The number of aromatic amines is 1. The van der Waals surface area contributed by atoms with Gasteiger partial charge in [0.25, 0.3) is 0 Å². The van der Waals surface area contributed by atoms with Gasteiger partial charge in [-0.25, -0.2) is 4.79 Å². The highest BCUT2D eigenvalue weighted by Crippen LogP contribution is 2.47. The Morgan fingerprint density at radius 2 is 1.94 bits per heavy atom. The number of carboxylic acid groups (broad SMARTS) is 1. The quantitative estimate of drug-likeness (QED) is 0.548. The van der Waals surface area contributed by atoms with Crippen molar-refractivity contribution in [2.24, 2.45) is 5.92 Å². The number of aromatic nitrogens is 2. The van der Waals surface area contributed by atoms with E-state index in [9.17, 15) is 15.0 Å². The van der Waals surface area contributed by atoms with E-state index in [1.807, 2.05) is 12.3 Å². The number of fused-ring (bicyclic) bond motifs is 6. The fourth-order valence-corrected chi connectivity index (χ4v) is 6.66. The van der Waals surface area contributed by atoms with E-state index in [-0.39, 0.29) is 5.92 Å². The van der Waals surface area contributed by atoms with Crippen molar-refractivity contribution < 1.29 is 15.0 Å². The first kappa shape index (κ1) is 19.7. The Kier molecular flexibility index (Phi) is 4.49. The molecule has 3 heterocycles. The van der Waals surface area contributed by atoms with Gasteiger partial charge in [0.05, 0.1) is 11.1 Å². The second kappa shape index (κ2) is 7.29. The molecule has 2 aromatic heterocycles. The van der Waals surface area contributed by atoms with Crippen LogP contribution in [0.25, 0.3) is 22.7 Å². The Hall–Kier alpha value is -2.95. The van der Waals surface area contributed by atoms with E-state index in [0.717, 1.165) is 40.7 Å². The lowest BCUT2D eigenvalue weighted by molar-refractivity contribution is 0.0696. The number of rotatable bonds is 2. The third kappa shape index (κ3) is 2.79. The van der Waals surface area contributed by atoms with Crippen LogP contribution in [-0.4, -0.2) is 25.7 Å². The molecule has 1 aromatic carbocycles. The second-order valence-corrected chi connectivity index (χ2v) is 10.0. The van der Waals surface area contributed by atoms with Gasteiger partial charge in [0.1, 0.15) is 5.75 Å². The molecule has 32 heavy (non-hydrogen) atoms. The summed E-state index contributed by atoms with van der Waals surface area (Å²) in [5, 5.41) is 23.4. The number of aromatic hydroxyl groups is 1. The fraction of sp³-hybridized carbons (Fsp3) is 0.444. The number of nitrogens with zero attached hydrogens (tertiary/aromatic N) is 1. The Balaban J connectivity index is 1.72. The standard InChI is InChI=1S/C27H30N2O3/c1-15-6-5-9-18-24(15)22-12-19-23(30)11-10-17(16-7-3-2-4-8-16)26(19)29(22)14-21-20(27(31)32)13-28-25(18)21/h10-16,24,28,30H,2-9H2,1H3,(H,31,32)/t15?,24-/m0/s1. The maximum Gasteiger partial charge on any atom is 0.337 e. The van der Waals surface area contributed by atoms with E-state index in [1.165, 1.54) is 48.9 Å². The molecule has 3 aromatic rings. The van der Waals surface area contributed by atoms with E-state index < -0.39 is 5.97 Å². The largest absolute Gasteiger partial charge is 0.507 e. The Morgan fingerprint density at radius 1 is 1.12 bits per heavy atom. The van der Waals surface area contributed by atoms with Gasteiger partial charge in [0.15, 0.2) is 0 Å². The Morgan fingerprint density at radius 3 is 2.72 bits per heavy atom. The van der Waals surface area contributed by atoms with Gasteiger partial charge in [-0.05, 0) is 67.2 Å². The molecule has 0 spiro atoms. The molecule has 0 bridgehead atoms. The van der Waals surface area contributed by atoms with Crippen LogP contribution in [0.1, 0.15) is 91.7 Å². The van der Waals surface area contributed by atoms with Gasteiger partial charge < -0.3 is 19.8 Å². The van der Waals surface area contributed by atoms with Gasteiger partial charge in [-0.3, -0.25) is 0 Å². The minimum Gasteiger partial charge on any atom is -0.507 e.